The Hall–Kier alpha value is -0.470. The average Bonchev–Trinajstić information content (AvgIpc) is 2.34. The molecule has 0 fully saturated rings. The summed E-state index contributed by atoms with van der Waals surface area (Å²) in [5.41, 5.74) is 0.941. The van der Waals surface area contributed by atoms with E-state index in [0.29, 0.717) is 0 Å². The van der Waals surface area contributed by atoms with Gasteiger partial charge in [-0.3, -0.25) is 0 Å². The summed E-state index contributed by atoms with van der Waals surface area (Å²) in [6.07, 6.45) is 0. The molecule has 5 heteroatoms. The Bertz CT molecular complexity index is 244. The number of hydrogen-bond acceptors (Lipinski definition) is 3. The Kier molecular flexibility index (Phi) is 1.43. The van der Waals surface area contributed by atoms with E-state index < -0.39 is 0 Å². The molecule has 0 aromatic carbocycles. The van der Waals surface area contributed by atoms with Crippen LogP contribution in [0.15, 0.2) is 0 Å². The molecule has 0 saturated carbocycles. The molecule has 1 aromatic heterocycles. The second-order valence-corrected chi connectivity index (χ2v) is 2.82. The summed E-state index contributed by atoms with van der Waals surface area (Å²) in [7, 11) is 2.58. The molecule has 1 atom stereocenters. The number of fused-ring (bicyclic) bond motifs is 1. The smallest absolute Gasteiger partial charge is 0.149 e. The summed E-state index contributed by atoms with van der Waals surface area (Å²) in [6, 6.07) is 0. The number of hydrogen-bond donors (Lipinski definition) is 1. The molecular weight excluding hydrogens is 147 g/mol. The van der Waals surface area contributed by atoms with E-state index in [1.807, 2.05) is 0 Å². The van der Waals surface area contributed by atoms with Crippen molar-refractivity contribution < 1.29 is 0 Å². The van der Waals surface area contributed by atoms with Crippen LogP contribution in [-0.4, -0.2) is 21.3 Å². The van der Waals surface area contributed by atoms with E-state index in [0.717, 1.165) is 31.0 Å². The molecule has 1 aliphatic rings. The molecule has 0 amide bonds. The zero-order valence-electron chi connectivity index (χ0n) is 5.54. The van der Waals surface area contributed by atoms with Crippen LogP contribution in [0.3, 0.4) is 0 Å². The SMILES string of the molecule is Pc1nnc2n1CCNC2. The Balaban J connectivity index is 2.45. The minimum atomic E-state index is 0.849. The van der Waals surface area contributed by atoms with Crippen LogP contribution in [0.2, 0.25) is 0 Å². The van der Waals surface area contributed by atoms with Crippen LogP contribution < -0.4 is 10.9 Å². The first-order chi connectivity index (χ1) is 4.88. The minimum Gasteiger partial charge on any atom is -0.309 e. The van der Waals surface area contributed by atoms with Gasteiger partial charge in [0.05, 0.1) is 6.54 Å². The van der Waals surface area contributed by atoms with Crippen molar-refractivity contribution in [3.63, 3.8) is 0 Å². The van der Waals surface area contributed by atoms with Crippen molar-refractivity contribution in [1.29, 1.82) is 0 Å². The van der Waals surface area contributed by atoms with Gasteiger partial charge >= 0.3 is 0 Å². The summed E-state index contributed by atoms with van der Waals surface area (Å²) in [6.45, 7) is 2.86. The van der Waals surface area contributed by atoms with Crippen LogP contribution in [0.25, 0.3) is 0 Å². The van der Waals surface area contributed by atoms with Crippen LogP contribution >= 0.6 is 9.24 Å². The number of rotatable bonds is 0. The van der Waals surface area contributed by atoms with E-state index in [1.54, 1.807) is 0 Å². The van der Waals surface area contributed by atoms with Crippen molar-refractivity contribution in [3.8, 4) is 0 Å². The van der Waals surface area contributed by atoms with E-state index in [-0.39, 0.29) is 0 Å². The molecule has 2 heterocycles. The van der Waals surface area contributed by atoms with E-state index in [9.17, 15) is 0 Å². The van der Waals surface area contributed by atoms with Crippen LogP contribution in [0.1, 0.15) is 5.82 Å². The third-order valence-corrected chi connectivity index (χ3v) is 2.08. The van der Waals surface area contributed by atoms with Crippen LogP contribution in [0, 0.1) is 0 Å². The lowest BCUT2D eigenvalue weighted by Gasteiger charge is -2.14. The molecule has 0 aliphatic carbocycles. The average molecular weight is 156 g/mol. The molecule has 1 aliphatic heterocycles. The molecule has 1 N–H and O–H groups in total. The van der Waals surface area contributed by atoms with Crippen molar-refractivity contribution >= 4 is 14.8 Å². The van der Waals surface area contributed by atoms with Crippen molar-refractivity contribution in [3.05, 3.63) is 5.82 Å². The number of nitrogens with one attached hydrogen (secondary N) is 1. The first-order valence-corrected chi connectivity index (χ1v) is 3.84. The molecule has 1 unspecified atom stereocenters. The van der Waals surface area contributed by atoms with Crippen molar-refractivity contribution in [2.45, 2.75) is 13.1 Å². The monoisotopic (exact) mass is 156 g/mol. The highest BCUT2D eigenvalue weighted by atomic mass is 31.0. The van der Waals surface area contributed by atoms with E-state index in [2.05, 4.69) is 29.3 Å². The fourth-order valence-corrected chi connectivity index (χ4v) is 1.45. The summed E-state index contributed by atoms with van der Waals surface area (Å²) in [5.74, 6) is 1.04. The maximum Gasteiger partial charge on any atom is 0.149 e. The van der Waals surface area contributed by atoms with Gasteiger partial charge in [-0.2, -0.15) is 0 Å². The van der Waals surface area contributed by atoms with Crippen molar-refractivity contribution in [2.75, 3.05) is 6.54 Å². The lowest BCUT2D eigenvalue weighted by atomic mass is 10.4. The summed E-state index contributed by atoms with van der Waals surface area (Å²) in [4.78, 5) is 0. The van der Waals surface area contributed by atoms with Gasteiger partial charge in [-0.1, -0.05) is 9.24 Å². The predicted octanol–water partition coefficient (Wildman–Crippen LogP) is -1.12. The first-order valence-electron chi connectivity index (χ1n) is 3.26. The fraction of sp³-hybridized carbons (Fsp3) is 0.600. The van der Waals surface area contributed by atoms with Gasteiger partial charge in [0.15, 0.2) is 0 Å². The van der Waals surface area contributed by atoms with Gasteiger partial charge in [0.2, 0.25) is 0 Å². The summed E-state index contributed by atoms with van der Waals surface area (Å²) in [5, 5.41) is 11.1. The van der Waals surface area contributed by atoms with Crippen molar-refractivity contribution in [2.24, 2.45) is 0 Å². The second-order valence-electron chi connectivity index (χ2n) is 2.30. The minimum absolute atomic E-state index is 0.849. The largest absolute Gasteiger partial charge is 0.309 e. The van der Waals surface area contributed by atoms with E-state index in [4.69, 9.17) is 0 Å². The predicted molar refractivity (Wildman–Crippen MR) is 41.1 cm³/mol. The van der Waals surface area contributed by atoms with E-state index >= 15 is 0 Å². The van der Waals surface area contributed by atoms with Crippen LogP contribution in [-0.2, 0) is 13.1 Å². The van der Waals surface area contributed by atoms with Gasteiger partial charge in [-0.15, -0.1) is 10.2 Å². The quantitative estimate of drug-likeness (QED) is 0.484. The van der Waals surface area contributed by atoms with Gasteiger partial charge in [0.1, 0.15) is 11.4 Å². The third kappa shape index (κ3) is 0.842. The Morgan fingerprint density at radius 2 is 2.40 bits per heavy atom. The lowest BCUT2D eigenvalue weighted by Crippen LogP contribution is -2.31. The highest BCUT2D eigenvalue weighted by molar-refractivity contribution is 7.26. The second kappa shape index (κ2) is 2.29. The summed E-state index contributed by atoms with van der Waals surface area (Å²) < 4.78 is 2.11. The van der Waals surface area contributed by atoms with Gasteiger partial charge < -0.3 is 9.88 Å². The number of nitrogens with zero attached hydrogens (tertiary/aromatic N) is 3. The highest BCUT2D eigenvalue weighted by Gasteiger charge is 2.11. The zero-order valence-corrected chi connectivity index (χ0v) is 6.70. The lowest BCUT2D eigenvalue weighted by molar-refractivity contribution is 0.512. The standard InChI is InChI=1S/C5H9N4P/c10-5-8-7-4-3-6-1-2-9(4)5/h6H,1-3,10H2. The normalized spacial score (nSPS) is 16.9. The molecule has 0 saturated heterocycles. The Morgan fingerprint density at radius 1 is 1.50 bits per heavy atom. The third-order valence-electron chi connectivity index (χ3n) is 1.65. The Morgan fingerprint density at radius 3 is 3.20 bits per heavy atom. The van der Waals surface area contributed by atoms with Gasteiger partial charge in [0.25, 0.3) is 0 Å². The maximum atomic E-state index is 3.99. The zero-order chi connectivity index (χ0) is 6.97. The summed E-state index contributed by atoms with van der Waals surface area (Å²) >= 11 is 0. The van der Waals surface area contributed by atoms with Gasteiger partial charge in [-0.25, -0.2) is 0 Å². The molecule has 54 valence electrons. The van der Waals surface area contributed by atoms with Crippen LogP contribution in [0.4, 0.5) is 0 Å². The molecule has 2 rings (SSSR count). The molecule has 4 nitrogen and oxygen atoms in total. The maximum absolute atomic E-state index is 3.99. The topological polar surface area (TPSA) is 42.7 Å². The first kappa shape index (κ1) is 6.25. The van der Waals surface area contributed by atoms with Gasteiger partial charge in [-0.05, 0) is 0 Å². The molecule has 1 aromatic rings. The van der Waals surface area contributed by atoms with Gasteiger partial charge in [0, 0.05) is 13.1 Å². The molecule has 0 bridgehead atoms. The fourth-order valence-electron chi connectivity index (χ4n) is 1.11. The molecular formula is C5H9N4P. The highest BCUT2D eigenvalue weighted by Crippen LogP contribution is 1.99. The molecule has 0 radical (unpaired) electrons. The van der Waals surface area contributed by atoms with Crippen molar-refractivity contribution in [1.82, 2.24) is 20.1 Å². The Labute approximate surface area is 61.2 Å². The van der Waals surface area contributed by atoms with E-state index in [1.165, 1.54) is 0 Å². The number of aromatic nitrogens is 3. The molecule has 0 spiro atoms. The molecule has 10 heavy (non-hydrogen) atoms. The van der Waals surface area contributed by atoms with Crippen LogP contribution in [0.5, 0.6) is 0 Å².